The van der Waals surface area contributed by atoms with E-state index in [9.17, 15) is 9.36 Å². The highest BCUT2D eigenvalue weighted by Gasteiger charge is 2.25. The lowest BCUT2D eigenvalue weighted by molar-refractivity contribution is -0.131. The molecule has 0 amide bonds. The molecule has 0 fully saturated rings. The summed E-state index contributed by atoms with van der Waals surface area (Å²) < 4.78 is 19.8. The van der Waals surface area contributed by atoms with Crippen molar-refractivity contribution in [2.24, 2.45) is 0 Å². The van der Waals surface area contributed by atoms with Gasteiger partial charge in [0.05, 0.1) is 6.61 Å². The van der Waals surface area contributed by atoms with E-state index in [-0.39, 0.29) is 12.2 Å². The Morgan fingerprint density at radius 2 is 2.14 bits per heavy atom. The molecule has 0 heterocycles. The van der Waals surface area contributed by atoms with E-state index in [1.807, 2.05) is 6.92 Å². The molecule has 0 aromatic heterocycles. The monoisotopic (exact) mass is 222 g/mol. The predicted molar refractivity (Wildman–Crippen MR) is 51.6 cm³/mol. The first-order valence-electron chi connectivity index (χ1n) is 4.26. The number of carbonyl (C=O) groups excluding carboxylic acids is 1. The molecule has 1 N–H and O–H groups in total. The van der Waals surface area contributed by atoms with E-state index in [0.29, 0.717) is 6.42 Å². The molecule has 0 rings (SSSR count). The van der Waals surface area contributed by atoms with E-state index < -0.39 is 13.8 Å². The molecule has 14 heavy (non-hydrogen) atoms. The zero-order valence-electron chi connectivity index (χ0n) is 8.36. The predicted octanol–water partition coefficient (Wildman–Crippen LogP) is 2.02. The van der Waals surface area contributed by atoms with Crippen molar-refractivity contribution >= 4 is 13.8 Å². The first-order chi connectivity index (χ1) is 6.39. The van der Waals surface area contributed by atoms with Crippen LogP contribution in [-0.2, 0) is 18.4 Å². The number of hydrogen-bond acceptors (Lipinski definition) is 4. The lowest BCUT2D eigenvalue weighted by Crippen LogP contribution is -2.05. The van der Waals surface area contributed by atoms with E-state index in [1.165, 1.54) is 6.92 Å². The third kappa shape index (κ3) is 5.91. The van der Waals surface area contributed by atoms with Crippen molar-refractivity contribution in [3.8, 4) is 0 Å². The number of rotatable bonds is 6. The maximum Gasteiger partial charge on any atom is 0.529 e. The van der Waals surface area contributed by atoms with Crippen LogP contribution in [0.1, 0.15) is 26.7 Å². The molecular formula is C8H15O5P. The van der Waals surface area contributed by atoms with Crippen molar-refractivity contribution in [2.75, 3.05) is 6.61 Å². The van der Waals surface area contributed by atoms with Crippen LogP contribution in [0.4, 0.5) is 0 Å². The van der Waals surface area contributed by atoms with Gasteiger partial charge in [0.1, 0.15) is 0 Å². The Kier molecular flexibility index (Phi) is 5.69. The normalized spacial score (nSPS) is 14.5. The van der Waals surface area contributed by atoms with E-state index >= 15 is 0 Å². The minimum absolute atomic E-state index is 0.0540. The highest BCUT2D eigenvalue weighted by molar-refractivity contribution is 7.48. The van der Waals surface area contributed by atoms with Gasteiger partial charge in [-0.15, -0.1) is 0 Å². The Labute approximate surface area is 83.3 Å². The Hall–Kier alpha value is -0.640. The molecule has 1 unspecified atom stereocenters. The van der Waals surface area contributed by atoms with Crippen LogP contribution in [0.15, 0.2) is 12.2 Å². The van der Waals surface area contributed by atoms with Crippen molar-refractivity contribution in [3.05, 3.63) is 12.2 Å². The molecule has 0 radical (unpaired) electrons. The number of carbonyl (C=O) groups is 1. The van der Waals surface area contributed by atoms with E-state index in [2.05, 4.69) is 15.6 Å². The van der Waals surface area contributed by atoms with Crippen molar-refractivity contribution in [2.45, 2.75) is 26.7 Å². The second-order valence-electron chi connectivity index (χ2n) is 2.81. The fourth-order valence-corrected chi connectivity index (χ4v) is 1.31. The van der Waals surface area contributed by atoms with E-state index in [0.717, 1.165) is 6.42 Å². The molecule has 0 aromatic rings. The van der Waals surface area contributed by atoms with E-state index in [4.69, 9.17) is 4.89 Å². The molecule has 82 valence electrons. The molecule has 0 spiro atoms. The van der Waals surface area contributed by atoms with Gasteiger partial charge in [0.25, 0.3) is 0 Å². The topological polar surface area (TPSA) is 72.8 Å². The first kappa shape index (κ1) is 13.4. The van der Waals surface area contributed by atoms with Crippen molar-refractivity contribution in [1.29, 1.82) is 0 Å². The van der Waals surface area contributed by atoms with Crippen LogP contribution in [0, 0.1) is 0 Å². The summed E-state index contributed by atoms with van der Waals surface area (Å²) in [5, 5.41) is 0. The van der Waals surface area contributed by atoms with Crippen LogP contribution >= 0.6 is 7.82 Å². The van der Waals surface area contributed by atoms with Gasteiger partial charge in [-0.3, -0.25) is 9.42 Å². The smallest absolute Gasteiger partial charge is 0.367 e. The fraction of sp³-hybridized carbons (Fsp3) is 0.625. The number of unbranched alkanes of at least 4 members (excludes halogenated alkanes) is 1. The zero-order chi connectivity index (χ0) is 11.2. The van der Waals surface area contributed by atoms with Crippen LogP contribution < -0.4 is 0 Å². The van der Waals surface area contributed by atoms with Crippen LogP contribution in [0.2, 0.25) is 0 Å². The molecule has 5 nitrogen and oxygen atoms in total. The van der Waals surface area contributed by atoms with Gasteiger partial charge in [-0.05, 0) is 13.3 Å². The summed E-state index contributed by atoms with van der Waals surface area (Å²) in [5.41, 5.74) is 0.0540. The molecule has 0 aliphatic heterocycles. The first-order valence-corrected chi connectivity index (χ1v) is 5.75. The maximum absolute atomic E-state index is 11.1. The lowest BCUT2D eigenvalue weighted by Gasteiger charge is -2.10. The Balaban J connectivity index is 4.01. The zero-order valence-corrected chi connectivity index (χ0v) is 9.25. The molecule has 0 aliphatic carbocycles. The standard InChI is InChI=1S/C8H15O5P/c1-4-5-6-12-14(10,11)13-8(9)7(2)3/h2,4-6H2,1,3H3,(H,10,11). The van der Waals surface area contributed by atoms with Gasteiger partial charge < -0.3 is 4.52 Å². The molecule has 0 bridgehead atoms. The van der Waals surface area contributed by atoms with Gasteiger partial charge in [0, 0.05) is 5.57 Å². The molecule has 6 heteroatoms. The number of phosphoric ester groups is 1. The van der Waals surface area contributed by atoms with Crippen molar-refractivity contribution in [1.82, 2.24) is 0 Å². The summed E-state index contributed by atoms with van der Waals surface area (Å²) in [5.74, 6) is -0.924. The number of phosphoric acid groups is 1. The average molecular weight is 222 g/mol. The molecule has 0 saturated carbocycles. The van der Waals surface area contributed by atoms with Crippen LogP contribution in [0.5, 0.6) is 0 Å². The van der Waals surface area contributed by atoms with Gasteiger partial charge in [0.2, 0.25) is 0 Å². The third-order valence-electron chi connectivity index (χ3n) is 1.30. The maximum atomic E-state index is 11.1. The molecule has 0 saturated heterocycles. The average Bonchev–Trinajstić information content (AvgIpc) is 2.03. The van der Waals surface area contributed by atoms with Crippen molar-refractivity contribution in [3.63, 3.8) is 0 Å². The van der Waals surface area contributed by atoms with Crippen LogP contribution in [0.3, 0.4) is 0 Å². The second-order valence-corrected chi connectivity index (χ2v) is 4.19. The Morgan fingerprint density at radius 1 is 1.57 bits per heavy atom. The number of hydrogen-bond donors (Lipinski definition) is 1. The largest absolute Gasteiger partial charge is 0.529 e. The minimum Gasteiger partial charge on any atom is -0.367 e. The summed E-state index contributed by atoms with van der Waals surface area (Å²) in [7, 11) is -4.24. The second kappa shape index (κ2) is 5.96. The van der Waals surface area contributed by atoms with Gasteiger partial charge in [-0.2, -0.15) is 0 Å². The molecule has 1 atom stereocenters. The minimum atomic E-state index is -4.24. The summed E-state index contributed by atoms with van der Waals surface area (Å²) in [6.45, 7) is 6.66. The SMILES string of the molecule is C=C(C)C(=O)OP(=O)(O)OCCCC. The van der Waals surface area contributed by atoms with Crippen LogP contribution in [-0.4, -0.2) is 17.5 Å². The highest BCUT2D eigenvalue weighted by Crippen LogP contribution is 2.43. The molecular weight excluding hydrogens is 207 g/mol. The van der Waals surface area contributed by atoms with Gasteiger partial charge >= 0.3 is 13.8 Å². The molecule has 0 aliphatic rings. The summed E-state index contributed by atoms with van der Waals surface area (Å²) in [6.07, 6.45) is 1.46. The highest BCUT2D eigenvalue weighted by atomic mass is 31.2. The summed E-state index contributed by atoms with van der Waals surface area (Å²) in [6, 6.07) is 0. The third-order valence-corrected chi connectivity index (χ3v) is 2.20. The van der Waals surface area contributed by atoms with Gasteiger partial charge in [-0.25, -0.2) is 9.36 Å². The Morgan fingerprint density at radius 3 is 2.57 bits per heavy atom. The van der Waals surface area contributed by atoms with Gasteiger partial charge in [-0.1, -0.05) is 19.9 Å². The molecule has 0 aromatic carbocycles. The fourth-order valence-electron chi connectivity index (χ4n) is 0.533. The van der Waals surface area contributed by atoms with Crippen molar-refractivity contribution < 1.29 is 23.3 Å². The quantitative estimate of drug-likeness (QED) is 0.423. The van der Waals surface area contributed by atoms with E-state index in [1.54, 1.807) is 0 Å². The van der Waals surface area contributed by atoms with Crippen LogP contribution in [0.25, 0.3) is 0 Å². The summed E-state index contributed by atoms with van der Waals surface area (Å²) >= 11 is 0. The Bertz CT molecular complexity index is 260. The lowest BCUT2D eigenvalue weighted by atomic mass is 10.4. The summed E-state index contributed by atoms with van der Waals surface area (Å²) in [4.78, 5) is 19.9. The van der Waals surface area contributed by atoms with Gasteiger partial charge in [0.15, 0.2) is 0 Å².